The average Bonchev–Trinajstić information content (AvgIpc) is 2.47. The fourth-order valence-corrected chi connectivity index (χ4v) is 2.14. The Morgan fingerprint density at radius 3 is 2.40 bits per heavy atom. The van der Waals surface area contributed by atoms with Gasteiger partial charge in [-0.2, -0.15) is 0 Å². The molecule has 0 heterocycles. The van der Waals surface area contributed by atoms with Gasteiger partial charge >= 0.3 is 0 Å². The van der Waals surface area contributed by atoms with Crippen molar-refractivity contribution in [3.05, 3.63) is 59.1 Å². The fraction of sp³-hybridized carbons (Fsp3) is 0.250. The quantitative estimate of drug-likeness (QED) is 0.796. The highest BCUT2D eigenvalue weighted by molar-refractivity contribution is 6.32. The molecule has 0 aliphatic rings. The molecule has 0 aliphatic carbocycles. The molecule has 0 saturated heterocycles. The zero-order valence-corrected chi connectivity index (χ0v) is 12.0. The molecular formula is C16H18ClNO2. The number of ether oxygens (including phenoxy) is 2. The van der Waals surface area contributed by atoms with Gasteiger partial charge in [0.1, 0.15) is 24.7 Å². The summed E-state index contributed by atoms with van der Waals surface area (Å²) in [5.74, 6) is 1.54. The van der Waals surface area contributed by atoms with Crippen LogP contribution in [0.4, 0.5) is 0 Å². The molecule has 0 atom stereocenters. The third-order valence-electron chi connectivity index (χ3n) is 2.80. The van der Waals surface area contributed by atoms with Gasteiger partial charge < -0.3 is 15.2 Å². The monoisotopic (exact) mass is 291 g/mol. The largest absolute Gasteiger partial charge is 0.490 e. The first-order valence-corrected chi connectivity index (χ1v) is 6.97. The minimum Gasteiger partial charge on any atom is -0.490 e. The van der Waals surface area contributed by atoms with Crippen molar-refractivity contribution in [2.24, 2.45) is 5.73 Å². The Hall–Kier alpha value is -1.71. The predicted molar refractivity (Wildman–Crippen MR) is 81.6 cm³/mol. The summed E-state index contributed by atoms with van der Waals surface area (Å²) in [5, 5.41) is 0.607. The van der Waals surface area contributed by atoms with Gasteiger partial charge in [-0.3, -0.25) is 0 Å². The molecule has 2 rings (SSSR count). The average molecular weight is 292 g/mol. The lowest BCUT2D eigenvalue weighted by molar-refractivity contribution is 0.216. The van der Waals surface area contributed by atoms with Gasteiger partial charge in [0.15, 0.2) is 0 Å². The molecule has 0 spiro atoms. The van der Waals surface area contributed by atoms with Crippen molar-refractivity contribution in [1.29, 1.82) is 0 Å². The Bertz CT molecular complexity index is 531. The summed E-state index contributed by atoms with van der Waals surface area (Å²) in [6.45, 7) is 1.48. The molecule has 2 aromatic carbocycles. The van der Waals surface area contributed by atoms with Crippen LogP contribution in [0, 0.1) is 0 Å². The van der Waals surface area contributed by atoms with Crippen molar-refractivity contribution < 1.29 is 9.47 Å². The highest BCUT2D eigenvalue weighted by atomic mass is 35.5. The van der Waals surface area contributed by atoms with E-state index in [1.54, 1.807) is 0 Å². The van der Waals surface area contributed by atoms with E-state index >= 15 is 0 Å². The topological polar surface area (TPSA) is 44.5 Å². The van der Waals surface area contributed by atoms with Gasteiger partial charge in [-0.15, -0.1) is 0 Å². The minimum absolute atomic E-state index is 0.441. The molecule has 0 saturated carbocycles. The van der Waals surface area contributed by atoms with Gasteiger partial charge in [0.25, 0.3) is 0 Å². The SMILES string of the molecule is NCCc1cccc(Cl)c1OCCOc1ccccc1. The fourth-order valence-electron chi connectivity index (χ4n) is 1.89. The summed E-state index contributed by atoms with van der Waals surface area (Å²) in [7, 11) is 0. The van der Waals surface area contributed by atoms with E-state index in [-0.39, 0.29) is 0 Å². The van der Waals surface area contributed by atoms with Gasteiger partial charge in [-0.1, -0.05) is 41.9 Å². The lowest BCUT2D eigenvalue weighted by atomic mass is 10.1. The Balaban J connectivity index is 1.87. The Morgan fingerprint density at radius 1 is 0.900 bits per heavy atom. The molecular weight excluding hydrogens is 274 g/mol. The number of halogens is 1. The molecule has 2 aromatic rings. The zero-order valence-electron chi connectivity index (χ0n) is 11.2. The maximum Gasteiger partial charge on any atom is 0.141 e. The van der Waals surface area contributed by atoms with E-state index in [1.807, 2.05) is 48.5 Å². The van der Waals surface area contributed by atoms with Crippen molar-refractivity contribution in [2.45, 2.75) is 6.42 Å². The summed E-state index contributed by atoms with van der Waals surface area (Å²) < 4.78 is 11.3. The van der Waals surface area contributed by atoms with E-state index in [0.717, 1.165) is 17.7 Å². The van der Waals surface area contributed by atoms with Crippen LogP contribution in [0.15, 0.2) is 48.5 Å². The molecule has 0 aromatic heterocycles. The number of rotatable bonds is 7. The minimum atomic E-state index is 0.441. The zero-order chi connectivity index (χ0) is 14.2. The van der Waals surface area contributed by atoms with Crippen molar-refractivity contribution in [1.82, 2.24) is 0 Å². The second-order valence-corrected chi connectivity index (χ2v) is 4.68. The number of hydrogen-bond acceptors (Lipinski definition) is 3. The highest BCUT2D eigenvalue weighted by Crippen LogP contribution is 2.28. The van der Waals surface area contributed by atoms with Crippen LogP contribution in [0.25, 0.3) is 0 Å². The van der Waals surface area contributed by atoms with Crippen LogP contribution in [0.1, 0.15) is 5.56 Å². The molecule has 20 heavy (non-hydrogen) atoms. The molecule has 0 unspecified atom stereocenters. The first-order valence-electron chi connectivity index (χ1n) is 6.59. The normalized spacial score (nSPS) is 10.3. The maximum absolute atomic E-state index is 6.15. The third-order valence-corrected chi connectivity index (χ3v) is 3.10. The summed E-state index contributed by atoms with van der Waals surface area (Å²) in [6, 6.07) is 15.3. The van der Waals surface area contributed by atoms with Crippen LogP contribution < -0.4 is 15.2 Å². The number of benzene rings is 2. The standard InChI is InChI=1S/C16H18ClNO2/c17-15-8-4-5-13(9-10-18)16(15)20-12-11-19-14-6-2-1-3-7-14/h1-8H,9-12,18H2. The smallest absolute Gasteiger partial charge is 0.141 e. The molecule has 0 aliphatic heterocycles. The first-order chi connectivity index (χ1) is 9.81. The van der Waals surface area contributed by atoms with Crippen LogP contribution in [-0.4, -0.2) is 19.8 Å². The van der Waals surface area contributed by atoms with E-state index in [1.165, 1.54) is 0 Å². The van der Waals surface area contributed by atoms with Crippen LogP contribution in [-0.2, 0) is 6.42 Å². The van der Waals surface area contributed by atoms with E-state index in [2.05, 4.69) is 0 Å². The molecule has 106 valence electrons. The summed E-state index contributed by atoms with van der Waals surface area (Å²) in [5.41, 5.74) is 6.61. The van der Waals surface area contributed by atoms with Crippen molar-refractivity contribution >= 4 is 11.6 Å². The third kappa shape index (κ3) is 4.15. The number of para-hydroxylation sites is 2. The summed E-state index contributed by atoms with van der Waals surface area (Å²) >= 11 is 6.15. The molecule has 0 bridgehead atoms. The van der Waals surface area contributed by atoms with Gasteiger partial charge in [0.2, 0.25) is 0 Å². The second-order valence-electron chi connectivity index (χ2n) is 4.28. The summed E-state index contributed by atoms with van der Waals surface area (Å²) in [4.78, 5) is 0. The number of nitrogens with two attached hydrogens (primary N) is 1. The highest BCUT2D eigenvalue weighted by Gasteiger charge is 2.07. The second kappa shape index (κ2) is 7.78. The molecule has 0 radical (unpaired) electrons. The van der Waals surface area contributed by atoms with Crippen LogP contribution >= 0.6 is 11.6 Å². The van der Waals surface area contributed by atoms with Crippen LogP contribution in [0.2, 0.25) is 5.02 Å². The molecule has 0 fully saturated rings. The molecule has 3 nitrogen and oxygen atoms in total. The van der Waals surface area contributed by atoms with Gasteiger partial charge in [-0.05, 0) is 36.7 Å². The molecule has 2 N–H and O–H groups in total. The van der Waals surface area contributed by atoms with E-state index in [0.29, 0.717) is 30.5 Å². The number of hydrogen-bond donors (Lipinski definition) is 1. The van der Waals surface area contributed by atoms with Crippen molar-refractivity contribution in [2.75, 3.05) is 19.8 Å². The van der Waals surface area contributed by atoms with Crippen LogP contribution in [0.5, 0.6) is 11.5 Å². The van der Waals surface area contributed by atoms with Gasteiger partial charge in [0, 0.05) is 0 Å². The lowest BCUT2D eigenvalue weighted by Gasteiger charge is -2.13. The van der Waals surface area contributed by atoms with Crippen LogP contribution in [0.3, 0.4) is 0 Å². The van der Waals surface area contributed by atoms with E-state index in [4.69, 9.17) is 26.8 Å². The lowest BCUT2D eigenvalue weighted by Crippen LogP contribution is -2.11. The van der Waals surface area contributed by atoms with Crippen molar-refractivity contribution in [3.63, 3.8) is 0 Å². The first kappa shape index (κ1) is 14.7. The van der Waals surface area contributed by atoms with Gasteiger partial charge in [-0.25, -0.2) is 0 Å². The predicted octanol–water partition coefficient (Wildman–Crippen LogP) is 3.30. The molecule has 0 amide bonds. The Labute approximate surface area is 124 Å². The van der Waals surface area contributed by atoms with E-state index in [9.17, 15) is 0 Å². The van der Waals surface area contributed by atoms with E-state index < -0.39 is 0 Å². The maximum atomic E-state index is 6.15. The Kier molecular flexibility index (Phi) is 5.71. The molecule has 4 heteroatoms. The Morgan fingerprint density at radius 2 is 1.65 bits per heavy atom. The van der Waals surface area contributed by atoms with Crippen molar-refractivity contribution in [3.8, 4) is 11.5 Å². The summed E-state index contributed by atoms with van der Waals surface area (Å²) in [6.07, 6.45) is 0.745. The van der Waals surface area contributed by atoms with Gasteiger partial charge in [0.05, 0.1) is 5.02 Å².